The van der Waals surface area contributed by atoms with Crippen molar-refractivity contribution in [1.29, 1.82) is 0 Å². The second-order valence-electron chi connectivity index (χ2n) is 4.14. The maximum absolute atomic E-state index is 12.2. The van der Waals surface area contributed by atoms with Crippen LogP contribution in [0.5, 0.6) is 0 Å². The number of carbonyl (C=O) groups is 1. The second-order valence-corrected chi connectivity index (χ2v) is 5.06. The molecule has 0 saturated carbocycles. The minimum Gasteiger partial charge on any atom is -0.380 e. The Morgan fingerprint density at radius 2 is 2.41 bits per heavy atom. The van der Waals surface area contributed by atoms with Crippen molar-refractivity contribution in [1.82, 2.24) is 9.88 Å². The zero-order valence-electron chi connectivity index (χ0n) is 9.73. The maximum Gasteiger partial charge on any atom is 0.255 e. The van der Waals surface area contributed by atoms with Crippen molar-refractivity contribution in [3.05, 3.63) is 28.5 Å². The molecule has 1 aromatic heterocycles. The van der Waals surface area contributed by atoms with Gasteiger partial charge in [0.05, 0.1) is 11.7 Å². The molecule has 92 valence electrons. The van der Waals surface area contributed by atoms with Gasteiger partial charge in [0.2, 0.25) is 0 Å². The Balaban J connectivity index is 2.09. The lowest BCUT2D eigenvalue weighted by atomic mass is 10.1. The van der Waals surface area contributed by atoms with Crippen molar-refractivity contribution in [3.63, 3.8) is 0 Å². The van der Waals surface area contributed by atoms with E-state index in [0.717, 1.165) is 23.9 Å². The summed E-state index contributed by atoms with van der Waals surface area (Å²) in [6.45, 7) is 1.47. The number of halogens is 1. The van der Waals surface area contributed by atoms with Crippen molar-refractivity contribution in [3.8, 4) is 0 Å². The number of pyridine rings is 1. The predicted molar refractivity (Wildman–Crippen MR) is 67.9 cm³/mol. The zero-order chi connectivity index (χ0) is 12.3. The molecular formula is C12H15BrN2O2. The molecule has 5 heteroatoms. The fourth-order valence-electron chi connectivity index (χ4n) is 2.03. The van der Waals surface area contributed by atoms with Crippen molar-refractivity contribution in [2.24, 2.45) is 0 Å². The lowest BCUT2D eigenvalue weighted by Gasteiger charge is -2.31. The number of amides is 1. The summed E-state index contributed by atoms with van der Waals surface area (Å²) < 4.78 is 6.14. The van der Waals surface area contributed by atoms with Crippen molar-refractivity contribution in [2.45, 2.75) is 18.9 Å². The first kappa shape index (κ1) is 12.5. The van der Waals surface area contributed by atoms with Gasteiger partial charge in [-0.15, -0.1) is 0 Å². The van der Waals surface area contributed by atoms with E-state index in [-0.39, 0.29) is 12.0 Å². The summed E-state index contributed by atoms with van der Waals surface area (Å²) in [6, 6.07) is 1.80. The van der Waals surface area contributed by atoms with Crippen LogP contribution in [0.25, 0.3) is 0 Å². The van der Waals surface area contributed by atoms with Crippen LogP contribution in [0.15, 0.2) is 22.9 Å². The molecule has 1 atom stereocenters. The number of hydrogen-bond donors (Lipinski definition) is 0. The third-order valence-electron chi connectivity index (χ3n) is 2.95. The molecule has 0 spiro atoms. The summed E-state index contributed by atoms with van der Waals surface area (Å²) >= 11 is 3.32. The number of methoxy groups -OCH3 is 1. The minimum atomic E-state index is 0.0283. The second kappa shape index (κ2) is 5.60. The van der Waals surface area contributed by atoms with E-state index in [1.807, 2.05) is 4.90 Å². The van der Waals surface area contributed by atoms with Crippen LogP contribution in [0.1, 0.15) is 23.2 Å². The highest BCUT2D eigenvalue weighted by atomic mass is 79.9. The molecule has 0 radical (unpaired) electrons. The average Bonchev–Trinajstić information content (AvgIpc) is 2.38. The molecule has 1 saturated heterocycles. The number of piperidine rings is 1. The molecule has 0 N–H and O–H groups in total. The Morgan fingerprint density at radius 3 is 3.12 bits per heavy atom. The number of carbonyl (C=O) groups excluding carboxylic acids is 1. The minimum absolute atomic E-state index is 0.0283. The van der Waals surface area contributed by atoms with Gasteiger partial charge >= 0.3 is 0 Å². The fraction of sp³-hybridized carbons (Fsp3) is 0.500. The van der Waals surface area contributed by atoms with E-state index in [9.17, 15) is 4.79 Å². The Hall–Kier alpha value is -0.940. The quantitative estimate of drug-likeness (QED) is 0.840. The maximum atomic E-state index is 12.2. The first-order valence-electron chi connectivity index (χ1n) is 5.63. The molecule has 4 nitrogen and oxygen atoms in total. The summed E-state index contributed by atoms with van der Waals surface area (Å²) in [4.78, 5) is 18.1. The van der Waals surface area contributed by atoms with Gasteiger partial charge in [-0.1, -0.05) is 0 Å². The first-order chi connectivity index (χ1) is 8.20. The molecule has 1 amide bonds. The number of ether oxygens (including phenoxy) is 1. The Labute approximate surface area is 109 Å². The summed E-state index contributed by atoms with van der Waals surface area (Å²) in [5.41, 5.74) is 0.621. The highest BCUT2D eigenvalue weighted by Crippen LogP contribution is 2.17. The molecule has 1 aliphatic heterocycles. The number of hydrogen-bond acceptors (Lipinski definition) is 3. The molecule has 1 unspecified atom stereocenters. The monoisotopic (exact) mass is 298 g/mol. The standard InChI is InChI=1S/C12H15BrN2O2/c1-17-11-3-2-4-15(8-11)12(16)9-5-10(13)7-14-6-9/h5-7,11H,2-4,8H2,1H3. The van der Waals surface area contributed by atoms with Gasteiger partial charge in [0, 0.05) is 37.1 Å². The molecule has 0 aliphatic carbocycles. The van der Waals surface area contributed by atoms with E-state index in [0.29, 0.717) is 12.1 Å². The van der Waals surface area contributed by atoms with Crippen LogP contribution in [0.2, 0.25) is 0 Å². The molecule has 1 aliphatic rings. The number of aromatic nitrogens is 1. The number of rotatable bonds is 2. The van der Waals surface area contributed by atoms with E-state index >= 15 is 0 Å². The highest BCUT2D eigenvalue weighted by Gasteiger charge is 2.24. The Morgan fingerprint density at radius 1 is 1.59 bits per heavy atom. The molecule has 1 fully saturated rings. The third-order valence-corrected chi connectivity index (χ3v) is 3.38. The van der Waals surface area contributed by atoms with E-state index in [2.05, 4.69) is 20.9 Å². The van der Waals surface area contributed by atoms with Crippen molar-refractivity contribution < 1.29 is 9.53 Å². The van der Waals surface area contributed by atoms with Crippen molar-refractivity contribution in [2.75, 3.05) is 20.2 Å². The highest BCUT2D eigenvalue weighted by molar-refractivity contribution is 9.10. The topological polar surface area (TPSA) is 42.4 Å². The zero-order valence-corrected chi connectivity index (χ0v) is 11.3. The molecule has 2 rings (SSSR count). The largest absolute Gasteiger partial charge is 0.380 e. The van der Waals surface area contributed by atoms with Gasteiger partial charge in [-0.3, -0.25) is 9.78 Å². The van der Waals surface area contributed by atoms with Crippen LogP contribution >= 0.6 is 15.9 Å². The number of nitrogens with zero attached hydrogens (tertiary/aromatic N) is 2. The van der Waals surface area contributed by atoms with E-state index in [1.165, 1.54) is 0 Å². The molecular weight excluding hydrogens is 284 g/mol. The molecule has 1 aromatic rings. The molecule has 17 heavy (non-hydrogen) atoms. The molecule has 0 aromatic carbocycles. The van der Waals surface area contributed by atoms with E-state index in [1.54, 1.807) is 25.6 Å². The number of likely N-dealkylation sites (tertiary alicyclic amines) is 1. The average molecular weight is 299 g/mol. The molecule has 2 heterocycles. The van der Waals surface area contributed by atoms with Gasteiger partial charge in [0.15, 0.2) is 0 Å². The Kier molecular flexibility index (Phi) is 4.12. The van der Waals surface area contributed by atoms with Crippen LogP contribution in [-0.4, -0.2) is 42.1 Å². The smallest absolute Gasteiger partial charge is 0.255 e. The van der Waals surface area contributed by atoms with Gasteiger partial charge in [0.1, 0.15) is 0 Å². The van der Waals surface area contributed by atoms with E-state index < -0.39 is 0 Å². The summed E-state index contributed by atoms with van der Waals surface area (Å²) in [6.07, 6.45) is 5.45. The van der Waals surface area contributed by atoms with Gasteiger partial charge in [-0.25, -0.2) is 0 Å². The first-order valence-corrected chi connectivity index (χ1v) is 6.42. The van der Waals surface area contributed by atoms with Crippen LogP contribution in [0.3, 0.4) is 0 Å². The lowest BCUT2D eigenvalue weighted by molar-refractivity contribution is 0.0268. The van der Waals surface area contributed by atoms with Crippen LogP contribution in [-0.2, 0) is 4.74 Å². The van der Waals surface area contributed by atoms with Gasteiger partial charge in [-0.05, 0) is 34.8 Å². The third kappa shape index (κ3) is 3.04. The summed E-state index contributed by atoms with van der Waals surface area (Å²) in [5.74, 6) is 0.0283. The summed E-state index contributed by atoms with van der Waals surface area (Å²) in [7, 11) is 1.69. The van der Waals surface area contributed by atoms with E-state index in [4.69, 9.17) is 4.74 Å². The normalized spacial score (nSPS) is 20.4. The van der Waals surface area contributed by atoms with Crippen LogP contribution in [0, 0.1) is 0 Å². The fourth-order valence-corrected chi connectivity index (χ4v) is 2.39. The van der Waals surface area contributed by atoms with Crippen LogP contribution in [0.4, 0.5) is 0 Å². The van der Waals surface area contributed by atoms with Gasteiger partial charge in [-0.2, -0.15) is 0 Å². The lowest BCUT2D eigenvalue weighted by Crippen LogP contribution is -2.42. The van der Waals surface area contributed by atoms with Gasteiger partial charge < -0.3 is 9.64 Å². The predicted octanol–water partition coefficient (Wildman–Crippen LogP) is 2.10. The summed E-state index contributed by atoms with van der Waals surface area (Å²) in [5, 5.41) is 0. The van der Waals surface area contributed by atoms with Gasteiger partial charge in [0.25, 0.3) is 5.91 Å². The Bertz CT molecular complexity index is 411. The van der Waals surface area contributed by atoms with Crippen LogP contribution < -0.4 is 0 Å². The van der Waals surface area contributed by atoms with Crippen molar-refractivity contribution >= 4 is 21.8 Å². The SMILES string of the molecule is COC1CCCN(C(=O)c2cncc(Br)c2)C1. The molecule has 0 bridgehead atoms.